The lowest BCUT2D eigenvalue weighted by Crippen LogP contribution is -2.44. The number of nitrogens with one attached hydrogen (secondary N) is 1. The molecule has 0 spiro atoms. The number of nitrogens with zero attached hydrogens (tertiary/aromatic N) is 2. The van der Waals surface area contributed by atoms with Crippen LogP contribution in [-0.2, 0) is 4.79 Å². The van der Waals surface area contributed by atoms with Gasteiger partial charge in [0.1, 0.15) is 0 Å². The van der Waals surface area contributed by atoms with Crippen LogP contribution in [0.3, 0.4) is 0 Å². The van der Waals surface area contributed by atoms with Crippen molar-refractivity contribution in [3.8, 4) is 0 Å². The minimum Gasteiger partial charge on any atom is -0.344 e. The Morgan fingerprint density at radius 1 is 1.26 bits per heavy atom. The summed E-state index contributed by atoms with van der Waals surface area (Å²) in [6.45, 7) is 2.80. The highest BCUT2D eigenvalue weighted by atomic mass is 79.9. The van der Waals surface area contributed by atoms with Gasteiger partial charge in [0.2, 0.25) is 5.91 Å². The fourth-order valence-electron chi connectivity index (χ4n) is 2.81. The first-order chi connectivity index (χ1) is 11.0. The third-order valence-electron chi connectivity index (χ3n) is 4.30. The first kappa shape index (κ1) is 17.9. The van der Waals surface area contributed by atoms with Gasteiger partial charge in [-0.1, -0.05) is 15.9 Å². The minimum atomic E-state index is 0.0332. The van der Waals surface area contributed by atoms with Gasteiger partial charge in [-0.3, -0.25) is 9.59 Å². The fourth-order valence-corrected chi connectivity index (χ4v) is 3.07. The second-order valence-corrected chi connectivity index (χ2v) is 6.85. The molecule has 0 aromatic heterocycles. The highest BCUT2D eigenvalue weighted by Gasteiger charge is 2.29. The predicted molar refractivity (Wildman–Crippen MR) is 94.3 cm³/mol. The van der Waals surface area contributed by atoms with Crippen molar-refractivity contribution in [3.63, 3.8) is 0 Å². The van der Waals surface area contributed by atoms with Gasteiger partial charge in [0, 0.05) is 49.2 Å². The maximum absolute atomic E-state index is 12.5. The molecule has 5 nitrogen and oxygen atoms in total. The lowest BCUT2D eigenvalue weighted by Gasteiger charge is -2.33. The molecule has 0 aliphatic carbocycles. The summed E-state index contributed by atoms with van der Waals surface area (Å²) in [5, 5.41) is 3.05. The average molecular weight is 382 g/mol. The second-order valence-electron chi connectivity index (χ2n) is 5.94. The maximum Gasteiger partial charge on any atom is 0.253 e. The molecular weight excluding hydrogens is 358 g/mol. The highest BCUT2D eigenvalue weighted by molar-refractivity contribution is 9.10. The summed E-state index contributed by atoms with van der Waals surface area (Å²) in [4.78, 5) is 28.5. The molecule has 0 unspecified atom stereocenters. The Hall–Kier alpha value is -1.40. The van der Waals surface area contributed by atoms with E-state index in [9.17, 15) is 9.59 Å². The molecule has 126 valence electrons. The van der Waals surface area contributed by atoms with Crippen molar-refractivity contribution in [2.75, 3.05) is 40.3 Å². The molecule has 1 fully saturated rings. The number of benzene rings is 1. The van der Waals surface area contributed by atoms with Crippen LogP contribution in [0.5, 0.6) is 0 Å². The zero-order chi connectivity index (χ0) is 16.8. The van der Waals surface area contributed by atoms with Gasteiger partial charge in [-0.2, -0.15) is 0 Å². The Balaban J connectivity index is 1.87. The van der Waals surface area contributed by atoms with Crippen LogP contribution in [0.25, 0.3) is 0 Å². The van der Waals surface area contributed by atoms with Gasteiger partial charge in [-0.05, 0) is 44.2 Å². The van der Waals surface area contributed by atoms with Crippen LogP contribution in [0.4, 0.5) is 0 Å². The predicted octanol–water partition coefficient (Wildman–Crippen LogP) is 1.98. The second kappa shape index (κ2) is 8.45. The summed E-state index contributed by atoms with van der Waals surface area (Å²) in [6, 6.07) is 7.41. The molecule has 1 aromatic rings. The summed E-state index contributed by atoms with van der Waals surface area (Å²) >= 11 is 3.37. The van der Waals surface area contributed by atoms with Crippen LogP contribution >= 0.6 is 15.9 Å². The third-order valence-corrected chi connectivity index (χ3v) is 4.82. The molecule has 2 rings (SSSR count). The van der Waals surface area contributed by atoms with Crippen molar-refractivity contribution in [1.29, 1.82) is 0 Å². The average Bonchev–Trinajstić information content (AvgIpc) is 2.59. The normalized spacial score (nSPS) is 15.5. The van der Waals surface area contributed by atoms with E-state index in [0.717, 1.165) is 23.9 Å². The van der Waals surface area contributed by atoms with Gasteiger partial charge in [0.15, 0.2) is 0 Å². The van der Waals surface area contributed by atoms with E-state index in [4.69, 9.17) is 0 Å². The number of carbonyl (C=O) groups excluding carboxylic acids is 2. The number of hydrogen-bond acceptors (Lipinski definition) is 3. The summed E-state index contributed by atoms with van der Waals surface area (Å²) < 4.78 is 0.961. The molecule has 1 aromatic carbocycles. The number of rotatable bonds is 5. The molecule has 2 amide bonds. The fraction of sp³-hybridized carbons (Fsp3) is 0.529. The Morgan fingerprint density at radius 3 is 2.43 bits per heavy atom. The van der Waals surface area contributed by atoms with Crippen molar-refractivity contribution in [3.05, 3.63) is 34.3 Å². The topological polar surface area (TPSA) is 52.7 Å². The molecule has 1 heterocycles. The Kier molecular flexibility index (Phi) is 6.59. The number of likely N-dealkylation sites (tertiary alicyclic amines) is 1. The summed E-state index contributed by atoms with van der Waals surface area (Å²) in [6.07, 6.45) is 1.48. The lowest BCUT2D eigenvalue weighted by atomic mass is 9.95. The van der Waals surface area contributed by atoms with E-state index in [-0.39, 0.29) is 17.7 Å². The molecular formula is C17H24BrN3O2. The summed E-state index contributed by atoms with van der Waals surface area (Å²) in [7, 11) is 3.73. The van der Waals surface area contributed by atoms with E-state index in [2.05, 4.69) is 21.2 Å². The van der Waals surface area contributed by atoms with Gasteiger partial charge >= 0.3 is 0 Å². The van der Waals surface area contributed by atoms with Crippen LogP contribution in [-0.4, -0.2) is 61.9 Å². The highest BCUT2D eigenvalue weighted by Crippen LogP contribution is 2.21. The molecule has 0 radical (unpaired) electrons. The molecule has 0 saturated carbocycles. The quantitative estimate of drug-likeness (QED) is 0.848. The molecule has 1 aliphatic heterocycles. The Bertz CT molecular complexity index is 539. The van der Waals surface area contributed by atoms with Crippen molar-refractivity contribution in [2.24, 2.45) is 5.92 Å². The largest absolute Gasteiger partial charge is 0.344 e. The van der Waals surface area contributed by atoms with Gasteiger partial charge < -0.3 is 15.1 Å². The first-order valence-corrected chi connectivity index (χ1v) is 8.76. The van der Waals surface area contributed by atoms with Crippen molar-refractivity contribution < 1.29 is 9.59 Å². The van der Waals surface area contributed by atoms with Gasteiger partial charge in [0.05, 0.1) is 0 Å². The number of halogens is 1. The number of piperidine rings is 1. The van der Waals surface area contributed by atoms with Crippen molar-refractivity contribution >= 4 is 27.7 Å². The minimum absolute atomic E-state index is 0.0332. The SMILES string of the molecule is CNCCN(C)C(=O)C1CCN(C(=O)c2ccc(Br)cc2)CC1. The van der Waals surface area contributed by atoms with Gasteiger partial charge in [-0.15, -0.1) is 0 Å². The zero-order valence-electron chi connectivity index (χ0n) is 13.7. The van der Waals surface area contributed by atoms with Crippen LogP contribution in [0, 0.1) is 5.92 Å². The Morgan fingerprint density at radius 2 is 1.87 bits per heavy atom. The molecule has 0 bridgehead atoms. The first-order valence-electron chi connectivity index (χ1n) is 7.97. The third kappa shape index (κ3) is 4.78. The van der Waals surface area contributed by atoms with E-state index in [1.807, 2.05) is 43.3 Å². The molecule has 1 saturated heterocycles. The van der Waals surface area contributed by atoms with E-state index in [1.54, 1.807) is 4.90 Å². The van der Waals surface area contributed by atoms with E-state index in [0.29, 0.717) is 25.2 Å². The van der Waals surface area contributed by atoms with Crippen LogP contribution < -0.4 is 5.32 Å². The summed E-state index contributed by atoms with van der Waals surface area (Å²) in [5.74, 6) is 0.272. The zero-order valence-corrected chi connectivity index (χ0v) is 15.3. The molecule has 0 atom stereocenters. The van der Waals surface area contributed by atoms with Crippen molar-refractivity contribution in [2.45, 2.75) is 12.8 Å². The van der Waals surface area contributed by atoms with Gasteiger partial charge in [-0.25, -0.2) is 0 Å². The number of amides is 2. The van der Waals surface area contributed by atoms with Gasteiger partial charge in [0.25, 0.3) is 5.91 Å². The monoisotopic (exact) mass is 381 g/mol. The van der Waals surface area contributed by atoms with Crippen molar-refractivity contribution in [1.82, 2.24) is 15.1 Å². The van der Waals surface area contributed by atoms with Crippen LogP contribution in [0.1, 0.15) is 23.2 Å². The Labute approximate surface area is 146 Å². The molecule has 1 aliphatic rings. The maximum atomic E-state index is 12.5. The molecule has 23 heavy (non-hydrogen) atoms. The summed E-state index contributed by atoms with van der Waals surface area (Å²) in [5.41, 5.74) is 0.698. The number of likely N-dealkylation sites (N-methyl/N-ethyl adjacent to an activating group) is 2. The smallest absolute Gasteiger partial charge is 0.253 e. The number of hydrogen-bond donors (Lipinski definition) is 1. The van der Waals surface area contributed by atoms with E-state index in [1.165, 1.54) is 0 Å². The molecule has 6 heteroatoms. The number of carbonyl (C=O) groups is 2. The standard InChI is InChI=1S/C17H24BrN3O2/c1-19-9-12-20(2)16(22)14-7-10-21(11-8-14)17(23)13-3-5-15(18)6-4-13/h3-6,14,19H,7-12H2,1-2H3. The van der Waals surface area contributed by atoms with E-state index >= 15 is 0 Å². The lowest BCUT2D eigenvalue weighted by molar-refractivity contribution is -0.135. The van der Waals surface area contributed by atoms with Crippen LogP contribution in [0.15, 0.2) is 28.7 Å². The van der Waals surface area contributed by atoms with E-state index < -0.39 is 0 Å². The molecule has 1 N–H and O–H groups in total. The van der Waals surface area contributed by atoms with Crippen LogP contribution in [0.2, 0.25) is 0 Å².